The summed E-state index contributed by atoms with van der Waals surface area (Å²) in [4.78, 5) is 16.3. The van der Waals surface area contributed by atoms with Gasteiger partial charge in [0.15, 0.2) is 5.82 Å². The van der Waals surface area contributed by atoms with Gasteiger partial charge in [0, 0.05) is 37.0 Å². The van der Waals surface area contributed by atoms with Gasteiger partial charge >= 0.3 is 0 Å². The van der Waals surface area contributed by atoms with Crippen molar-refractivity contribution in [1.29, 1.82) is 0 Å². The molecule has 1 aromatic rings. The molecular formula is C14H23N3O2. The van der Waals surface area contributed by atoms with Gasteiger partial charge in [-0.15, -0.1) is 0 Å². The van der Waals surface area contributed by atoms with E-state index in [1.807, 2.05) is 13.8 Å². The van der Waals surface area contributed by atoms with Crippen molar-refractivity contribution in [1.82, 2.24) is 9.55 Å². The number of anilines is 1. The Morgan fingerprint density at radius 3 is 2.84 bits per heavy atom. The Morgan fingerprint density at radius 2 is 2.26 bits per heavy atom. The highest BCUT2D eigenvalue weighted by Gasteiger charge is 2.49. The first-order valence-corrected chi connectivity index (χ1v) is 6.94. The van der Waals surface area contributed by atoms with Crippen LogP contribution in [0.5, 0.6) is 0 Å². The number of ether oxygens (including phenoxy) is 1. The Morgan fingerprint density at radius 1 is 1.53 bits per heavy atom. The van der Waals surface area contributed by atoms with Crippen LogP contribution in [0.25, 0.3) is 0 Å². The summed E-state index contributed by atoms with van der Waals surface area (Å²) >= 11 is 0. The lowest BCUT2D eigenvalue weighted by molar-refractivity contribution is -0.0977. The van der Waals surface area contributed by atoms with Gasteiger partial charge in [0.1, 0.15) is 0 Å². The molecule has 1 N–H and O–H groups in total. The Balaban J connectivity index is 2.10. The van der Waals surface area contributed by atoms with Crippen LogP contribution in [0.1, 0.15) is 34.1 Å². The Bertz CT molecular complexity index is 496. The zero-order chi connectivity index (χ0) is 14.0. The monoisotopic (exact) mass is 265 g/mol. The van der Waals surface area contributed by atoms with E-state index in [0.29, 0.717) is 12.4 Å². The lowest BCUT2D eigenvalue weighted by Crippen LogP contribution is -2.58. The second-order valence-electron chi connectivity index (χ2n) is 5.56. The van der Waals surface area contributed by atoms with Crippen LogP contribution in [0.15, 0.2) is 17.2 Å². The second-order valence-corrected chi connectivity index (χ2v) is 5.56. The van der Waals surface area contributed by atoms with E-state index in [4.69, 9.17) is 4.74 Å². The maximum absolute atomic E-state index is 12.1. The highest BCUT2D eigenvalue weighted by atomic mass is 16.5. The Labute approximate surface area is 114 Å². The van der Waals surface area contributed by atoms with E-state index >= 15 is 0 Å². The average molecular weight is 265 g/mol. The van der Waals surface area contributed by atoms with E-state index in [2.05, 4.69) is 24.1 Å². The topological polar surface area (TPSA) is 56.1 Å². The van der Waals surface area contributed by atoms with E-state index in [0.717, 1.165) is 13.0 Å². The van der Waals surface area contributed by atoms with Crippen molar-refractivity contribution in [2.75, 3.05) is 11.9 Å². The molecule has 106 valence electrons. The summed E-state index contributed by atoms with van der Waals surface area (Å²) in [6.07, 6.45) is 4.55. The Hall–Kier alpha value is -1.36. The first-order chi connectivity index (χ1) is 9.00. The minimum Gasteiger partial charge on any atom is -0.378 e. The van der Waals surface area contributed by atoms with E-state index in [1.54, 1.807) is 17.0 Å². The highest BCUT2D eigenvalue weighted by molar-refractivity contribution is 5.35. The van der Waals surface area contributed by atoms with Gasteiger partial charge in [-0.1, -0.05) is 13.8 Å². The zero-order valence-electron chi connectivity index (χ0n) is 12.1. The molecule has 0 spiro atoms. The minimum absolute atomic E-state index is 0.0248. The van der Waals surface area contributed by atoms with Crippen LogP contribution in [0.4, 0.5) is 5.82 Å². The smallest absolute Gasteiger partial charge is 0.293 e. The van der Waals surface area contributed by atoms with Gasteiger partial charge in [0.05, 0.1) is 6.10 Å². The molecule has 0 bridgehead atoms. The average Bonchev–Trinajstić information content (AvgIpc) is 2.39. The Kier molecular flexibility index (Phi) is 3.94. The van der Waals surface area contributed by atoms with Crippen molar-refractivity contribution in [3.8, 4) is 0 Å². The molecule has 2 rings (SSSR count). The van der Waals surface area contributed by atoms with Crippen LogP contribution in [0.2, 0.25) is 0 Å². The predicted molar refractivity (Wildman–Crippen MR) is 75.4 cm³/mol. The molecule has 1 aliphatic rings. The van der Waals surface area contributed by atoms with Crippen LogP contribution in [0, 0.1) is 5.41 Å². The second kappa shape index (κ2) is 5.33. The molecule has 0 radical (unpaired) electrons. The number of hydrogen-bond donors (Lipinski definition) is 1. The molecule has 5 heteroatoms. The number of nitrogens with one attached hydrogen (secondary N) is 1. The molecule has 5 nitrogen and oxygen atoms in total. The SMILES string of the molecule is CCOC1CC(Nc2nccn(CC)c2=O)C1(C)C. The van der Waals surface area contributed by atoms with E-state index in [9.17, 15) is 4.79 Å². The van der Waals surface area contributed by atoms with Gasteiger partial charge in [0.25, 0.3) is 5.56 Å². The highest BCUT2D eigenvalue weighted by Crippen LogP contribution is 2.43. The largest absolute Gasteiger partial charge is 0.378 e. The van der Waals surface area contributed by atoms with Gasteiger partial charge in [-0.05, 0) is 20.3 Å². The van der Waals surface area contributed by atoms with Gasteiger partial charge < -0.3 is 14.6 Å². The van der Waals surface area contributed by atoms with Crippen molar-refractivity contribution in [3.63, 3.8) is 0 Å². The third-order valence-corrected chi connectivity index (χ3v) is 4.11. The number of aryl methyl sites for hydroxylation is 1. The quantitative estimate of drug-likeness (QED) is 0.883. The van der Waals surface area contributed by atoms with Crippen molar-refractivity contribution in [2.24, 2.45) is 5.41 Å². The first kappa shape index (κ1) is 14.1. The number of hydrogen-bond acceptors (Lipinski definition) is 4. The minimum atomic E-state index is -0.0549. The van der Waals surface area contributed by atoms with Crippen LogP contribution in [0.3, 0.4) is 0 Å². The number of rotatable bonds is 5. The zero-order valence-corrected chi connectivity index (χ0v) is 12.1. The molecule has 2 unspecified atom stereocenters. The van der Waals surface area contributed by atoms with E-state index in [-0.39, 0.29) is 23.1 Å². The maximum Gasteiger partial charge on any atom is 0.293 e. The molecule has 0 amide bonds. The predicted octanol–water partition coefficient (Wildman–Crippen LogP) is 1.88. The molecule has 1 fully saturated rings. The summed E-state index contributed by atoms with van der Waals surface area (Å²) < 4.78 is 7.35. The summed E-state index contributed by atoms with van der Waals surface area (Å²) in [6, 6.07) is 0.233. The molecule has 1 aromatic heterocycles. The summed E-state index contributed by atoms with van der Waals surface area (Å²) in [7, 11) is 0. The molecule has 0 saturated heterocycles. The summed E-state index contributed by atoms with van der Waals surface area (Å²) in [5.74, 6) is 0.442. The third-order valence-electron chi connectivity index (χ3n) is 4.11. The van der Waals surface area contributed by atoms with Gasteiger partial charge in [-0.3, -0.25) is 4.79 Å². The molecule has 1 saturated carbocycles. The molecule has 0 aliphatic heterocycles. The van der Waals surface area contributed by atoms with Crippen LogP contribution >= 0.6 is 0 Å². The summed E-state index contributed by atoms with van der Waals surface area (Å²) in [5, 5.41) is 3.28. The molecule has 1 aliphatic carbocycles. The van der Waals surface area contributed by atoms with Crippen LogP contribution in [-0.4, -0.2) is 28.3 Å². The van der Waals surface area contributed by atoms with Gasteiger partial charge in [-0.25, -0.2) is 4.98 Å². The maximum atomic E-state index is 12.1. The summed E-state index contributed by atoms with van der Waals surface area (Å²) in [5.41, 5.74) is -0.0301. The van der Waals surface area contributed by atoms with Gasteiger partial charge in [-0.2, -0.15) is 0 Å². The summed E-state index contributed by atoms with van der Waals surface area (Å²) in [6.45, 7) is 9.67. The molecule has 19 heavy (non-hydrogen) atoms. The normalized spacial score (nSPS) is 24.8. The fourth-order valence-corrected chi connectivity index (χ4v) is 2.57. The van der Waals surface area contributed by atoms with Gasteiger partial charge in [0.2, 0.25) is 0 Å². The number of nitrogens with zero attached hydrogens (tertiary/aromatic N) is 2. The first-order valence-electron chi connectivity index (χ1n) is 6.94. The van der Waals surface area contributed by atoms with Crippen molar-refractivity contribution < 1.29 is 4.74 Å². The molecular weight excluding hydrogens is 242 g/mol. The molecule has 2 atom stereocenters. The van der Waals surface area contributed by atoms with Crippen LogP contribution < -0.4 is 10.9 Å². The standard InChI is InChI=1S/C14H23N3O2/c1-5-17-8-7-15-12(13(17)18)16-10-9-11(19-6-2)14(10,3)4/h7-8,10-11H,5-6,9H2,1-4H3,(H,15,16). The fraction of sp³-hybridized carbons (Fsp3) is 0.714. The third kappa shape index (κ3) is 2.52. The van der Waals surface area contributed by atoms with Crippen molar-refractivity contribution >= 4 is 5.82 Å². The van der Waals surface area contributed by atoms with Crippen LogP contribution in [-0.2, 0) is 11.3 Å². The van der Waals surface area contributed by atoms with Crippen molar-refractivity contribution in [2.45, 2.75) is 52.8 Å². The lowest BCUT2D eigenvalue weighted by Gasteiger charge is -2.51. The lowest BCUT2D eigenvalue weighted by atomic mass is 9.64. The molecule has 0 aromatic carbocycles. The molecule has 1 heterocycles. The number of aromatic nitrogens is 2. The van der Waals surface area contributed by atoms with E-state index < -0.39 is 0 Å². The van der Waals surface area contributed by atoms with E-state index in [1.165, 1.54) is 0 Å². The van der Waals surface area contributed by atoms with Crippen molar-refractivity contribution in [3.05, 3.63) is 22.7 Å². The fourth-order valence-electron chi connectivity index (χ4n) is 2.57.